The highest BCUT2D eigenvalue weighted by Gasteiger charge is 2.46. The van der Waals surface area contributed by atoms with E-state index < -0.39 is 12.2 Å². The van der Waals surface area contributed by atoms with Gasteiger partial charge in [-0.3, -0.25) is 0 Å². The molecular formula is C11H21F3N2O. The van der Waals surface area contributed by atoms with Crippen molar-refractivity contribution in [3.63, 3.8) is 0 Å². The highest BCUT2D eigenvalue weighted by Crippen LogP contribution is 2.29. The molecule has 2 unspecified atom stereocenters. The van der Waals surface area contributed by atoms with Crippen LogP contribution in [0.5, 0.6) is 0 Å². The van der Waals surface area contributed by atoms with Crippen LogP contribution in [-0.4, -0.2) is 49.6 Å². The molecular weight excluding hydrogens is 233 g/mol. The number of nitrogens with zero attached hydrogens (tertiary/aromatic N) is 1. The molecule has 0 amide bonds. The first-order valence-corrected chi connectivity index (χ1v) is 6.07. The summed E-state index contributed by atoms with van der Waals surface area (Å²) in [7, 11) is 0. The third kappa shape index (κ3) is 4.12. The summed E-state index contributed by atoms with van der Waals surface area (Å²) in [5, 5.41) is 2.76. The Kier molecular flexibility index (Phi) is 5.69. The predicted octanol–water partition coefficient (Wildman–Crippen LogP) is 1.99. The molecule has 1 rings (SSSR count). The standard InChI is InChI=1S/C11H21F3N2O/c1-3-9(2)17-7-4-10(12)11(13,14)16-6-5-15-8-16/h9-10,15H,3-8H2,1-2H3. The van der Waals surface area contributed by atoms with Crippen molar-refractivity contribution in [1.29, 1.82) is 0 Å². The SMILES string of the molecule is CCC(C)OCCC(F)C(F)(F)N1CCNC1. The maximum absolute atomic E-state index is 13.6. The molecule has 0 radical (unpaired) electrons. The largest absolute Gasteiger partial charge is 0.378 e. The van der Waals surface area contributed by atoms with Crippen LogP contribution in [-0.2, 0) is 4.74 Å². The van der Waals surface area contributed by atoms with Gasteiger partial charge in [0.05, 0.1) is 12.8 Å². The van der Waals surface area contributed by atoms with E-state index in [9.17, 15) is 13.2 Å². The van der Waals surface area contributed by atoms with E-state index in [1.54, 1.807) is 0 Å². The normalized spacial score (nSPS) is 21.7. The van der Waals surface area contributed by atoms with Gasteiger partial charge >= 0.3 is 6.05 Å². The van der Waals surface area contributed by atoms with Crippen LogP contribution in [0.15, 0.2) is 0 Å². The summed E-state index contributed by atoms with van der Waals surface area (Å²) in [6.07, 6.45) is -1.66. The second kappa shape index (κ2) is 6.56. The molecule has 3 nitrogen and oxygen atoms in total. The lowest BCUT2D eigenvalue weighted by Crippen LogP contribution is -2.48. The minimum absolute atomic E-state index is 0.00993. The number of halogens is 3. The van der Waals surface area contributed by atoms with E-state index in [0.29, 0.717) is 6.54 Å². The first kappa shape index (κ1) is 14.7. The number of hydrogen-bond acceptors (Lipinski definition) is 3. The molecule has 0 spiro atoms. The predicted molar refractivity (Wildman–Crippen MR) is 59.7 cm³/mol. The van der Waals surface area contributed by atoms with Crippen molar-refractivity contribution >= 4 is 0 Å². The summed E-state index contributed by atoms with van der Waals surface area (Å²) in [6.45, 7) is 4.51. The zero-order valence-electron chi connectivity index (χ0n) is 10.4. The van der Waals surface area contributed by atoms with Crippen LogP contribution in [0.2, 0.25) is 0 Å². The van der Waals surface area contributed by atoms with Gasteiger partial charge in [-0.15, -0.1) is 0 Å². The van der Waals surface area contributed by atoms with E-state index in [4.69, 9.17) is 4.74 Å². The lowest BCUT2D eigenvalue weighted by molar-refractivity contribution is -0.188. The topological polar surface area (TPSA) is 24.5 Å². The van der Waals surface area contributed by atoms with Crippen LogP contribution in [0.1, 0.15) is 26.7 Å². The summed E-state index contributed by atoms with van der Waals surface area (Å²) >= 11 is 0. The summed E-state index contributed by atoms with van der Waals surface area (Å²) in [4.78, 5) is 0.834. The molecule has 1 fully saturated rings. The third-order valence-corrected chi connectivity index (χ3v) is 3.01. The van der Waals surface area contributed by atoms with E-state index >= 15 is 0 Å². The molecule has 0 bridgehead atoms. The number of hydrogen-bond donors (Lipinski definition) is 1. The van der Waals surface area contributed by atoms with Gasteiger partial charge in [0.2, 0.25) is 0 Å². The average Bonchev–Trinajstić information content (AvgIpc) is 2.82. The van der Waals surface area contributed by atoms with E-state index in [2.05, 4.69) is 5.32 Å². The van der Waals surface area contributed by atoms with Gasteiger partial charge in [0.25, 0.3) is 0 Å². The molecule has 0 aromatic heterocycles. The van der Waals surface area contributed by atoms with E-state index in [0.717, 1.165) is 11.3 Å². The molecule has 1 aliphatic heterocycles. The lowest BCUT2D eigenvalue weighted by Gasteiger charge is -2.29. The first-order valence-electron chi connectivity index (χ1n) is 6.07. The number of nitrogens with one attached hydrogen (secondary N) is 1. The van der Waals surface area contributed by atoms with Crippen molar-refractivity contribution in [3.8, 4) is 0 Å². The Morgan fingerprint density at radius 2 is 2.18 bits per heavy atom. The minimum Gasteiger partial charge on any atom is -0.378 e. The van der Waals surface area contributed by atoms with Crippen LogP contribution in [0, 0.1) is 0 Å². The van der Waals surface area contributed by atoms with Crippen LogP contribution < -0.4 is 5.32 Å². The Morgan fingerprint density at radius 3 is 2.71 bits per heavy atom. The average molecular weight is 254 g/mol. The second-order valence-electron chi connectivity index (χ2n) is 4.36. The number of ether oxygens (including phenoxy) is 1. The quantitative estimate of drug-likeness (QED) is 0.703. The summed E-state index contributed by atoms with van der Waals surface area (Å²) in [5.41, 5.74) is 0. The van der Waals surface area contributed by atoms with Crippen LogP contribution in [0.25, 0.3) is 0 Å². The van der Waals surface area contributed by atoms with Crippen molar-refractivity contribution < 1.29 is 17.9 Å². The van der Waals surface area contributed by atoms with Crippen molar-refractivity contribution in [2.75, 3.05) is 26.4 Å². The Morgan fingerprint density at radius 1 is 1.47 bits per heavy atom. The number of rotatable bonds is 7. The first-order chi connectivity index (χ1) is 7.98. The van der Waals surface area contributed by atoms with Gasteiger partial charge < -0.3 is 10.1 Å². The Labute approximate surface area is 100 Å². The van der Waals surface area contributed by atoms with Gasteiger partial charge in [0.1, 0.15) is 0 Å². The van der Waals surface area contributed by atoms with Crippen molar-refractivity contribution in [2.24, 2.45) is 0 Å². The molecule has 6 heteroatoms. The van der Waals surface area contributed by atoms with Gasteiger partial charge in [-0.05, 0) is 13.3 Å². The molecule has 17 heavy (non-hydrogen) atoms. The summed E-state index contributed by atoms with van der Waals surface area (Å²) in [5.74, 6) is 0. The molecule has 2 atom stereocenters. The zero-order valence-corrected chi connectivity index (χ0v) is 10.4. The molecule has 1 heterocycles. The molecule has 0 aromatic carbocycles. The highest BCUT2D eigenvalue weighted by atomic mass is 19.3. The second-order valence-corrected chi connectivity index (χ2v) is 4.36. The fourth-order valence-corrected chi connectivity index (χ4v) is 1.62. The Hall–Kier alpha value is -0.330. The smallest absolute Gasteiger partial charge is 0.336 e. The summed E-state index contributed by atoms with van der Waals surface area (Å²) < 4.78 is 45.9. The van der Waals surface area contributed by atoms with E-state index in [-0.39, 0.29) is 32.3 Å². The molecule has 1 N–H and O–H groups in total. The molecule has 0 saturated carbocycles. The van der Waals surface area contributed by atoms with Gasteiger partial charge in [-0.2, -0.15) is 8.78 Å². The fourth-order valence-electron chi connectivity index (χ4n) is 1.62. The van der Waals surface area contributed by atoms with E-state index in [1.165, 1.54) is 0 Å². The van der Waals surface area contributed by atoms with Crippen molar-refractivity contribution in [2.45, 2.75) is 45.0 Å². The van der Waals surface area contributed by atoms with Crippen LogP contribution >= 0.6 is 0 Å². The summed E-state index contributed by atoms with van der Waals surface area (Å²) in [6, 6.07) is -3.40. The van der Waals surface area contributed by atoms with Crippen LogP contribution in [0.4, 0.5) is 13.2 Å². The molecule has 0 aliphatic carbocycles. The van der Waals surface area contributed by atoms with Gasteiger partial charge in [0, 0.05) is 26.1 Å². The Balaban J connectivity index is 2.32. The fraction of sp³-hybridized carbons (Fsp3) is 1.00. The van der Waals surface area contributed by atoms with Crippen molar-refractivity contribution in [1.82, 2.24) is 10.2 Å². The Bertz CT molecular complexity index is 223. The van der Waals surface area contributed by atoms with Gasteiger partial charge in [-0.1, -0.05) is 6.92 Å². The number of alkyl halides is 3. The molecule has 0 aromatic rings. The minimum atomic E-state index is -3.40. The zero-order chi connectivity index (χ0) is 12.9. The van der Waals surface area contributed by atoms with Gasteiger partial charge in [0.15, 0.2) is 6.17 Å². The van der Waals surface area contributed by atoms with Crippen LogP contribution in [0.3, 0.4) is 0 Å². The lowest BCUT2D eigenvalue weighted by atomic mass is 10.2. The van der Waals surface area contributed by atoms with E-state index in [1.807, 2.05) is 13.8 Å². The molecule has 102 valence electrons. The highest BCUT2D eigenvalue weighted by molar-refractivity contribution is 4.81. The molecule has 1 aliphatic rings. The maximum atomic E-state index is 13.6. The maximum Gasteiger partial charge on any atom is 0.336 e. The monoisotopic (exact) mass is 254 g/mol. The van der Waals surface area contributed by atoms with Crippen molar-refractivity contribution in [3.05, 3.63) is 0 Å². The van der Waals surface area contributed by atoms with Gasteiger partial charge in [-0.25, -0.2) is 9.29 Å². The third-order valence-electron chi connectivity index (χ3n) is 3.01. The molecule has 1 saturated heterocycles.